The van der Waals surface area contributed by atoms with Gasteiger partial charge in [-0.2, -0.15) is 5.10 Å². The number of aromatic nitrogens is 2. The Bertz CT molecular complexity index is 347. The Kier molecular flexibility index (Phi) is 2.89. The number of carbonyl (C=O) groups is 1. The zero-order valence-electron chi connectivity index (χ0n) is 8.94. The summed E-state index contributed by atoms with van der Waals surface area (Å²) >= 11 is 0. The molecule has 2 heterocycles. The first kappa shape index (κ1) is 10.0. The van der Waals surface area contributed by atoms with Crippen molar-refractivity contribution in [3.8, 4) is 0 Å². The molecule has 0 radical (unpaired) electrons. The van der Waals surface area contributed by atoms with Gasteiger partial charge in [0, 0.05) is 39.3 Å². The lowest BCUT2D eigenvalue weighted by Gasteiger charge is -2.27. The van der Waals surface area contributed by atoms with E-state index in [2.05, 4.69) is 10.4 Å². The summed E-state index contributed by atoms with van der Waals surface area (Å²) in [7, 11) is 1.90. The number of hydrogen-bond acceptors (Lipinski definition) is 2. The molecule has 82 valence electrons. The Morgan fingerprint density at radius 3 is 3.13 bits per heavy atom. The van der Waals surface area contributed by atoms with Gasteiger partial charge in [0.1, 0.15) is 0 Å². The summed E-state index contributed by atoms with van der Waals surface area (Å²) in [5.41, 5.74) is 1.04. The first-order valence-electron chi connectivity index (χ1n) is 5.27. The van der Waals surface area contributed by atoms with Crippen LogP contribution in [0.15, 0.2) is 12.3 Å². The topological polar surface area (TPSA) is 50.2 Å². The normalized spacial score (nSPS) is 16.6. The van der Waals surface area contributed by atoms with Gasteiger partial charge in [0.25, 0.3) is 0 Å². The third-order valence-corrected chi connectivity index (χ3v) is 2.57. The number of urea groups is 1. The van der Waals surface area contributed by atoms with Gasteiger partial charge in [-0.05, 0) is 12.5 Å². The second-order valence-electron chi connectivity index (χ2n) is 3.80. The molecule has 1 N–H and O–H groups in total. The quantitative estimate of drug-likeness (QED) is 0.780. The molecule has 2 rings (SSSR count). The van der Waals surface area contributed by atoms with E-state index < -0.39 is 0 Å². The number of hydrogen-bond donors (Lipinski definition) is 1. The fraction of sp³-hybridized carbons (Fsp3) is 0.600. The Hall–Kier alpha value is -1.52. The SMILES string of the molecule is Cn1ccc(CCN2CCCNC2=O)n1. The van der Waals surface area contributed by atoms with Gasteiger partial charge in [0.2, 0.25) is 0 Å². The van der Waals surface area contributed by atoms with Gasteiger partial charge in [-0.25, -0.2) is 4.79 Å². The highest BCUT2D eigenvalue weighted by atomic mass is 16.2. The minimum absolute atomic E-state index is 0.0529. The molecule has 5 heteroatoms. The van der Waals surface area contributed by atoms with Crippen LogP contribution in [0.2, 0.25) is 0 Å². The molecule has 0 saturated carbocycles. The Morgan fingerprint density at radius 1 is 1.60 bits per heavy atom. The maximum atomic E-state index is 11.4. The van der Waals surface area contributed by atoms with Crippen LogP contribution in [-0.4, -0.2) is 40.3 Å². The number of amides is 2. The van der Waals surface area contributed by atoms with Crippen LogP contribution >= 0.6 is 0 Å². The summed E-state index contributed by atoms with van der Waals surface area (Å²) < 4.78 is 1.78. The fourth-order valence-corrected chi connectivity index (χ4v) is 1.74. The van der Waals surface area contributed by atoms with E-state index in [9.17, 15) is 4.79 Å². The van der Waals surface area contributed by atoms with E-state index in [4.69, 9.17) is 0 Å². The number of nitrogens with one attached hydrogen (secondary N) is 1. The highest BCUT2D eigenvalue weighted by Crippen LogP contribution is 2.02. The van der Waals surface area contributed by atoms with Crippen molar-refractivity contribution < 1.29 is 4.79 Å². The van der Waals surface area contributed by atoms with Gasteiger partial charge < -0.3 is 10.2 Å². The third-order valence-electron chi connectivity index (χ3n) is 2.57. The van der Waals surface area contributed by atoms with Gasteiger partial charge in [-0.3, -0.25) is 4.68 Å². The van der Waals surface area contributed by atoms with Crippen molar-refractivity contribution in [2.45, 2.75) is 12.8 Å². The van der Waals surface area contributed by atoms with Crippen molar-refractivity contribution in [2.24, 2.45) is 7.05 Å². The summed E-state index contributed by atoms with van der Waals surface area (Å²) in [6, 6.07) is 2.04. The second-order valence-corrected chi connectivity index (χ2v) is 3.80. The van der Waals surface area contributed by atoms with E-state index in [-0.39, 0.29) is 6.03 Å². The predicted molar refractivity (Wildman–Crippen MR) is 56.5 cm³/mol. The first-order valence-corrected chi connectivity index (χ1v) is 5.27. The summed E-state index contributed by atoms with van der Waals surface area (Å²) in [6.07, 6.45) is 3.79. The summed E-state index contributed by atoms with van der Waals surface area (Å²) in [4.78, 5) is 13.3. The van der Waals surface area contributed by atoms with Gasteiger partial charge in [-0.1, -0.05) is 0 Å². The largest absolute Gasteiger partial charge is 0.338 e. The first-order chi connectivity index (χ1) is 7.25. The molecular weight excluding hydrogens is 192 g/mol. The molecule has 1 aliphatic heterocycles. The molecule has 1 fully saturated rings. The van der Waals surface area contributed by atoms with Crippen LogP contribution in [0.3, 0.4) is 0 Å². The molecule has 0 atom stereocenters. The van der Waals surface area contributed by atoms with Crippen LogP contribution in [0.25, 0.3) is 0 Å². The average Bonchev–Trinajstić information content (AvgIpc) is 2.63. The monoisotopic (exact) mass is 208 g/mol. The third kappa shape index (κ3) is 2.49. The molecule has 2 amide bonds. The summed E-state index contributed by atoms with van der Waals surface area (Å²) in [5.74, 6) is 0. The van der Waals surface area contributed by atoms with Gasteiger partial charge in [0.15, 0.2) is 0 Å². The molecular formula is C10H16N4O. The molecule has 5 nitrogen and oxygen atoms in total. The standard InChI is InChI=1S/C10H16N4O/c1-13-7-3-9(12-13)4-8-14-6-2-5-11-10(14)15/h3,7H,2,4-6,8H2,1H3,(H,11,15). The van der Waals surface area contributed by atoms with E-state index in [1.165, 1.54) is 0 Å². The second kappa shape index (κ2) is 4.33. The van der Waals surface area contributed by atoms with E-state index in [0.29, 0.717) is 0 Å². The molecule has 1 aromatic rings. The van der Waals surface area contributed by atoms with Crippen LogP contribution in [0, 0.1) is 0 Å². The Balaban J connectivity index is 1.84. The minimum atomic E-state index is 0.0529. The molecule has 0 aliphatic carbocycles. The Labute approximate surface area is 89.1 Å². The number of carbonyl (C=O) groups excluding carboxylic acids is 1. The molecule has 15 heavy (non-hydrogen) atoms. The van der Waals surface area contributed by atoms with Crippen molar-refractivity contribution in [1.82, 2.24) is 20.0 Å². The molecule has 0 bridgehead atoms. The number of rotatable bonds is 3. The highest BCUT2D eigenvalue weighted by molar-refractivity contribution is 5.74. The molecule has 0 spiro atoms. The molecule has 1 saturated heterocycles. The van der Waals surface area contributed by atoms with Crippen molar-refractivity contribution >= 4 is 6.03 Å². The average molecular weight is 208 g/mol. The van der Waals surface area contributed by atoms with E-state index in [1.54, 1.807) is 4.68 Å². The van der Waals surface area contributed by atoms with E-state index >= 15 is 0 Å². The van der Waals surface area contributed by atoms with Crippen molar-refractivity contribution in [3.63, 3.8) is 0 Å². The zero-order valence-corrected chi connectivity index (χ0v) is 8.94. The van der Waals surface area contributed by atoms with Crippen LogP contribution in [0.4, 0.5) is 4.79 Å². The van der Waals surface area contributed by atoms with Crippen molar-refractivity contribution in [3.05, 3.63) is 18.0 Å². The summed E-state index contributed by atoms with van der Waals surface area (Å²) in [6.45, 7) is 2.42. The van der Waals surface area contributed by atoms with Crippen LogP contribution in [-0.2, 0) is 13.5 Å². The van der Waals surface area contributed by atoms with Gasteiger partial charge in [0.05, 0.1) is 5.69 Å². The maximum absolute atomic E-state index is 11.4. The molecule has 0 unspecified atom stereocenters. The smallest absolute Gasteiger partial charge is 0.317 e. The Morgan fingerprint density at radius 2 is 2.47 bits per heavy atom. The van der Waals surface area contributed by atoms with Crippen molar-refractivity contribution in [1.29, 1.82) is 0 Å². The lowest BCUT2D eigenvalue weighted by atomic mass is 10.2. The predicted octanol–water partition coefficient (Wildman–Crippen LogP) is 0.378. The summed E-state index contributed by atoms with van der Waals surface area (Å²) in [5, 5.41) is 7.11. The van der Waals surface area contributed by atoms with Crippen molar-refractivity contribution in [2.75, 3.05) is 19.6 Å². The molecule has 0 aromatic carbocycles. The zero-order chi connectivity index (χ0) is 10.7. The van der Waals surface area contributed by atoms with E-state index in [1.807, 2.05) is 24.2 Å². The minimum Gasteiger partial charge on any atom is -0.338 e. The molecule has 1 aliphatic rings. The number of aryl methyl sites for hydroxylation is 1. The van der Waals surface area contributed by atoms with Gasteiger partial charge >= 0.3 is 6.03 Å². The van der Waals surface area contributed by atoms with Gasteiger partial charge in [-0.15, -0.1) is 0 Å². The lowest BCUT2D eigenvalue weighted by Crippen LogP contribution is -2.47. The number of nitrogens with zero attached hydrogens (tertiary/aromatic N) is 3. The molecule has 1 aromatic heterocycles. The fourth-order valence-electron chi connectivity index (χ4n) is 1.74. The highest BCUT2D eigenvalue weighted by Gasteiger charge is 2.16. The van der Waals surface area contributed by atoms with Crippen LogP contribution in [0.1, 0.15) is 12.1 Å². The van der Waals surface area contributed by atoms with Crippen LogP contribution < -0.4 is 5.32 Å². The van der Waals surface area contributed by atoms with E-state index in [0.717, 1.165) is 38.2 Å². The van der Waals surface area contributed by atoms with Crippen LogP contribution in [0.5, 0.6) is 0 Å². The lowest BCUT2D eigenvalue weighted by molar-refractivity contribution is 0.187. The maximum Gasteiger partial charge on any atom is 0.317 e.